The Balaban J connectivity index is 2.54. The number of hydrogen-bond acceptors (Lipinski definition) is 2. The molecule has 2 aromatic carbocycles. The van der Waals surface area contributed by atoms with Crippen LogP contribution in [-0.2, 0) is 0 Å². The van der Waals surface area contributed by atoms with E-state index in [1.165, 1.54) is 11.1 Å². The van der Waals surface area contributed by atoms with Gasteiger partial charge in [-0.1, -0.05) is 35.4 Å². The summed E-state index contributed by atoms with van der Waals surface area (Å²) in [5.74, 6) is 0.0316. The first-order chi connectivity index (χ1) is 8.10. The van der Waals surface area contributed by atoms with Crippen molar-refractivity contribution in [3.8, 4) is 22.9 Å². The van der Waals surface area contributed by atoms with Gasteiger partial charge >= 0.3 is 0 Å². The van der Waals surface area contributed by atoms with Gasteiger partial charge in [0.25, 0.3) is 0 Å². The van der Waals surface area contributed by atoms with Gasteiger partial charge in [0.2, 0.25) is 0 Å². The van der Waals surface area contributed by atoms with E-state index in [0.717, 1.165) is 11.1 Å². The van der Waals surface area contributed by atoms with E-state index in [4.69, 9.17) is 5.26 Å². The van der Waals surface area contributed by atoms with Crippen molar-refractivity contribution < 1.29 is 5.11 Å². The molecule has 0 aliphatic carbocycles. The highest BCUT2D eigenvalue weighted by Gasteiger charge is 2.04. The molecule has 0 spiro atoms. The van der Waals surface area contributed by atoms with Crippen molar-refractivity contribution in [3.05, 3.63) is 53.1 Å². The SMILES string of the molecule is Cc1cc(C)cc(-c2ccc(C#N)c(O)c2)c1. The molecule has 0 heterocycles. The summed E-state index contributed by atoms with van der Waals surface area (Å²) in [5, 5.41) is 18.4. The molecule has 2 nitrogen and oxygen atoms in total. The van der Waals surface area contributed by atoms with Crippen LogP contribution in [0.1, 0.15) is 16.7 Å². The van der Waals surface area contributed by atoms with E-state index < -0.39 is 0 Å². The first-order valence-corrected chi connectivity index (χ1v) is 5.42. The van der Waals surface area contributed by atoms with Crippen molar-refractivity contribution in [3.63, 3.8) is 0 Å². The van der Waals surface area contributed by atoms with E-state index >= 15 is 0 Å². The fourth-order valence-corrected chi connectivity index (χ4v) is 1.95. The molecule has 17 heavy (non-hydrogen) atoms. The van der Waals surface area contributed by atoms with Crippen LogP contribution in [0.25, 0.3) is 11.1 Å². The Morgan fingerprint density at radius 2 is 1.59 bits per heavy atom. The average Bonchev–Trinajstić information content (AvgIpc) is 2.27. The number of hydrogen-bond donors (Lipinski definition) is 1. The smallest absolute Gasteiger partial charge is 0.133 e. The third kappa shape index (κ3) is 2.29. The first-order valence-electron chi connectivity index (χ1n) is 5.42. The van der Waals surface area contributed by atoms with Crippen molar-refractivity contribution in [1.82, 2.24) is 0 Å². The molecule has 2 rings (SSSR count). The van der Waals surface area contributed by atoms with Gasteiger partial charge in [-0.15, -0.1) is 0 Å². The Morgan fingerprint density at radius 1 is 0.941 bits per heavy atom. The fraction of sp³-hybridized carbons (Fsp3) is 0.133. The zero-order valence-corrected chi connectivity index (χ0v) is 9.86. The van der Waals surface area contributed by atoms with E-state index in [1.54, 1.807) is 12.1 Å². The molecular weight excluding hydrogens is 210 g/mol. The van der Waals surface area contributed by atoms with E-state index in [9.17, 15) is 5.11 Å². The highest BCUT2D eigenvalue weighted by Crippen LogP contribution is 2.27. The van der Waals surface area contributed by atoms with Gasteiger partial charge in [0.1, 0.15) is 11.8 Å². The van der Waals surface area contributed by atoms with Gasteiger partial charge in [-0.05, 0) is 37.1 Å². The third-order valence-corrected chi connectivity index (χ3v) is 2.67. The molecule has 0 fully saturated rings. The monoisotopic (exact) mass is 223 g/mol. The van der Waals surface area contributed by atoms with Crippen LogP contribution in [0.2, 0.25) is 0 Å². The lowest BCUT2D eigenvalue weighted by Crippen LogP contribution is -1.84. The summed E-state index contributed by atoms with van der Waals surface area (Å²) < 4.78 is 0. The molecule has 0 bridgehead atoms. The molecule has 2 heteroatoms. The lowest BCUT2D eigenvalue weighted by Gasteiger charge is -2.06. The second-order valence-electron chi connectivity index (χ2n) is 4.22. The maximum Gasteiger partial charge on any atom is 0.133 e. The number of nitrogens with zero attached hydrogens (tertiary/aromatic N) is 1. The summed E-state index contributed by atoms with van der Waals surface area (Å²) in [7, 11) is 0. The quantitative estimate of drug-likeness (QED) is 0.803. The van der Waals surface area contributed by atoms with Gasteiger partial charge in [0.05, 0.1) is 5.56 Å². The van der Waals surface area contributed by atoms with Crippen molar-refractivity contribution >= 4 is 0 Å². The summed E-state index contributed by atoms with van der Waals surface area (Å²) in [4.78, 5) is 0. The van der Waals surface area contributed by atoms with Crippen LogP contribution in [0.5, 0.6) is 5.75 Å². The topological polar surface area (TPSA) is 44.0 Å². The lowest BCUT2D eigenvalue weighted by molar-refractivity contribution is 0.474. The predicted molar refractivity (Wildman–Crippen MR) is 67.7 cm³/mol. The van der Waals surface area contributed by atoms with Gasteiger partial charge in [-0.2, -0.15) is 5.26 Å². The van der Waals surface area contributed by atoms with Crippen molar-refractivity contribution in [2.45, 2.75) is 13.8 Å². The molecule has 0 saturated carbocycles. The van der Waals surface area contributed by atoms with E-state index in [2.05, 4.69) is 18.2 Å². The Kier molecular flexibility index (Phi) is 2.84. The van der Waals surface area contributed by atoms with E-state index in [0.29, 0.717) is 5.56 Å². The van der Waals surface area contributed by atoms with Crippen molar-refractivity contribution in [1.29, 1.82) is 5.26 Å². The van der Waals surface area contributed by atoms with Crippen LogP contribution < -0.4 is 0 Å². The van der Waals surface area contributed by atoms with Crippen LogP contribution in [0.4, 0.5) is 0 Å². The zero-order chi connectivity index (χ0) is 12.4. The van der Waals surface area contributed by atoms with Gasteiger partial charge < -0.3 is 5.11 Å². The molecule has 0 saturated heterocycles. The van der Waals surface area contributed by atoms with Crippen molar-refractivity contribution in [2.24, 2.45) is 0 Å². The Bertz CT molecular complexity index is 589. The highest BCUT2D eigenvalue weighted by atomic mass is 16.3. The predicted octanol–water partition coefficient (Wildman–Crippen LogP) is 3.55. The molecule has 0 unspecified atom stereocenters. The zero-order valence-electron chi connectivity index (χ0n) is 9.86. The van der Waals surface area contributed by atoms with Gasteiger partial charge in [-0.3, -0.25) is 0 Å². The van der Waals surface area contributed by atoms with Gasteiger partial charge in [0.15, 0.2) is 0 Å². The van der Waals surface area contributed by atoms with Crippen LogP contribution >= 0.6 is 0 Å². The largest absolute Gasteiger partial charge is 0.507 e. The molecule has 0 amide bonds. The Morgan fingerprint density at radius 3 is 2.12 bits per heavy atom. The maximum absolute atomic E-state index is 9.67. The molecule has 0 radical (unpaired) electrons. The lowest BCUT2D eigenvalue weighted by atomic mass is 9.99. The number of benzene rings is 2. The second-order valence-corrected chi connectivity index (χ2v) is 4.22. The van der Waals surface area contributed by atoms with Crippen LogP contribution in [0, 0.1) is 25.2 Å². The Hall–Kier alpha value is -2.27. The number of phenolic OH excluding ortho intramolecular Hbond substituents is 1. The minimum absolute atomic E-state index is 0.0316. The highest BCUT2D eigenvalue weighted by molar-refractivity contribution is 5.68. The normalized spacial score (nSPS) is 9.94. The first kappa shape index (κ1) is 11.2. The number of phenols is 1. The second kappa shape index (κ2) is 4.31. The summed E-state index contributed by atoms with van der Waals surface area (Å²) >= 11 is 0. The summed E-state index contributed by atoms with van der Waals surface area (Å²) in [6.45, 7) is 4.08. The van der Waals surface area contributed by atoms with E-state index in [1.807, 2.05) is 26.0 Å². The molecule has 0 aliphatic heterocycles. The Labute approximate surface area is 101 Å². The molecule has 0 aromatic heterocycles. The molecule has 0 atom stereocenters. The number of aryl methyl sites for hydroxylation is 2. The van der Waals surface area contributed by atoms with Gasteiger partial charge in [-0.25, -0.2) is 0 Å². The average molecular weight is 223 g/mol. The third-order valence-electron chi connectivity index (χ3n) is 2.67. The molecule has 84 valence electrons. The summed E-state index contributed by atoms with van der Waals surface area (Å²) in [6.07, 6.45) is 0. The molecular formula is C15H13NO. The molecule has 2 aromatic rings. The van der Waals surface area contributed by atoms with Gasteiger partial charge in [0, 0.05) is 0 Å². The van der Waals surface area contributed by atoms with E-state index in [-0.39, 0.29) is 5.75 Å². The van der Waals surface area contributed by atoms with Crippen LogP contribution in [-0.4, -0.2) is 5.11 Å². The molecule has 0 aliphatic rings. The fourth-order valence-electron chi connectivity index (χ4n) is 1.95. The number of rotatable bonds is 1. The van der Waals surface area contributed by atoms with Crippen molar-refractivity contribution in [2.75, 3.05) is 0 Å². The maximum atomic E-state index is 9.67. The van der Waals surface area contributed by atoms with Crippen LogP contribution in [0.15, 0.2) is 36.4 Å². The number of aromatic hydroxyl groups is 1. The summed E-state index contributed by atoms with van der Waals surface area (Å²) in [5.41, 5.74) is 4.65. The standard InChI is InChI=1S/C15H13NO/c1-10-5-11(2)7-14(6-10)12-3-4-13(9-16)15(17)8-12/h3-8,17H,1-2H3. The minimum atomic E-state index is 0.0316. The molecule has 1 N–H and O–H groups in total. The number of nitriles is 1. The van der Waals surface area contributed by atoms with Crippen LogP contribution in [0.3, 0.4) is 0 Å². The minimum Gasteiger partial charge on any atom is -0.507 e. The summed E-state index contributed by atoms with van der Waals surface area (Å²) in [6, 6.07) is 13.3.